The van der Waals surface area contributed by atoms with E-state index in [9.17, 15) is 14.7 Å². The molecule has 0 radical (unpaired) electrons. The van der Waals surface area contributed by atoms with E-state index in [1.165, 1.54) is 11.3 Å². The minimum Gasteiger partial charge on any atom is -0.480 e. The lowest BCUT2D eigenvalue weighted by Gasteiger charge is -2.37. The quantitative estimate of drug-likeness (QED) is 0.800. The van der Waals surface area contributed by atoms with Gasteiger partial charge in [-0.25, -0.2) is 9.59 Å². The van der Waals surface area contributed by atoms with Crippen molar-refractivity contribution in [2.45, 2.75) is 57.2 Å². The van der Waals surface area contributed by atoms with Gasteiger partial charge in [-0.1, -0.05) is 6.92 Å². The Morgan fingerprint density at radius 1 is 1.14 bits per heavy atom. The third-order valence-electron chi connectivity index (χ3n) is 5.33. The highest BCUT2D eigenvalue weighted by molar-refractivity contribution is 5.83. The standard InChI is InChI=1S/C15H25N3O3/c1-10-4-8-18(13(9-10)14(19)20)15(21)16-11-5-7-17-6-2-3-12(11)17/h10-13H,2-9H2,1H3,(H,16,21)(H,19,20). The first kappa shape index (κ1) is 14.6. The normalized spacial score (nSPS) is 36.5. The molecule has 6 heteroatoms. The van der Waals surface area contributed by atoms with Crippen molar-refractivity contribution in [3.05, 3.63) is 0 Å². The van der Waals surface area contributed by atoms with E-state index >= 15 is 0 Å². The van der Waals surface area contributed by atoms with Crippen molar-refractivity contribution in [1.82, 2.24) is 15.1 Å². The molecule has 0 aromatic rings. The summed E-state index contributed by atoms with van der Waals surface area (Å²) < 4.78 is 0. The van der Waals surface area contributed by atoms with E-state index < -0.39 is 12.0 Å². The lowest BCUT2D eigenvalue weighted by atomic mass is 9.92. The van der Waals surface area contributed by atoms with E-state index in [2.05, 4.69) is 17.1 Å². The number of aliphatic carboxylic acids is 1. The highest BCUT2D eigenvalue weighted by Gasteiger charge is 2.40. The molecule has 0 saturated carbocycles. The van der Waals surface area contributed by atoms with Crippen molar-refractivity contribution >= 4 is 12.0 Å². The second-order valence-electron chi connectivity index (χ2n) is 6.77. The summed E-state index contributed by atoms with van der Waals surface area (Å²) in [5.74, 6) is -0.516. The van der Waals surface area contributed by atoms with Crippen LogP contribution in [0.2, 0.25) is 0 Å². The van der Waals surface area contributed by atoms with Crippen LogP contribution in [0, 0.1) is 5.92 Å². The minimum absolute atomic E-state index is 0.187. The summed E-state index contributed by atoms with van der Waals surface area (Å²) in [4.78, 5) is 27.9. The third kappa shape index (κ3) is 2.86. The maximum atomic E-state index is 12.5. The topological polar surface area (TPSA) is 72.9 Å². The first-order valence-corrected chi connectivity index (χ1v) is 8.10. The Kier molecular flexibility index (Phi) is 4.06. The Labute approximate surface area is 125 Å². The number of rotatable bonds is 2. The Morgan fingerprint density at radius 2 is 1.95 bits per heavy atom. The lowest BCUT2D eigenvalue weighted by Crippen LogP contribution is -2.56. The zero-order valence-corrected chi connectivity index (χ0v) is 12.6. The second kappa shape index (κ2) is 5.83. The van der Waals surface area contributed by atoms with Crippen LogP contribution in [0.25, 0.3) is 0 Å². The molecule has 3 saturated heterocycles. The summed E-state index contributed by atoms with van der Waals surface area (Å²) in [7, 11) is 0. The number of carbonyl (C=O) groups is 2. The molecule has 3 heterocycles. The van der Waals surface area contributed by atoms with Gasteiger partial charge in [0.05, 0.1) is 0 Å². The molecule has 2 amide bonds. The molecule has 0 aliphatic carbocycles. The van der Waals surface area contributed by atoms with Crippen molar-refractivity contribution < 1.29 is 14.7 Å². The number of nitrogens with one attached hydrogen (secondary N) is 1. The van der Waals surface area contributed by atoms with Crippen LogP contribution in [0.1, 0.15) is 39.0 Å². The maximum Gasteiger partial charge on any atom is 0.326 e. The monoisotopic (exact) mass is 295 g/mol. The molecule has 3 rings (SSSR count). The molecule has 21 heavy (non-hydrogen) atoms. The number of nitrogens with zero attached hydrogens (tertiary/aromatic N) is 2. The van der Waals surface area contributed by atoms with E-state index in [0.717, 1.165) is 32.4 Å². The van der Waals surface area contributed by atoms with Crippen LogP contribution in [-0.4, -0.2) is 64.7 Å². The molecule has 6 nitrogen and oxygen atoms in total. The average Bonchev–Trinajstić information content (AvgIpc) is 3.03. The number of urea groups is 1. The van der Waals surface area contributed by atoms with Gasteiger partial charge in [0, 0.05) is 25.2 Å². The van der Waals surface area contributed by atoms with Gasteiger partial charge in [-0.05, 0) is 44.6 Å². The molecular formula is C15H25N3O3. The van der Waals surface area contributed by atoms with Gasteiger partial charge in [0.15, 0.2) is 0 Å². The van der Waals surface area contributed by atoms with Gasteiger partial charge in [0.25, 0.3) is 0 Å². The minimum atomic E-state index is -0.884. The number of carbonyl (C=O) groups excluding carboxylic acids is 1. The summed E-state index contributed by atoms with van der Waals surface area (Å²) in [6.45, 7) is 4.79. The molecule has 3 aliphatic heterocycles. The predicted molar refractivity (Wildman–Crippen MR) is 78.1 cm³/mol. The van der Waals surface area contributed by atoms with Crippen LogP contribution in [0.3, 0.4) is 0 Å². The smallest absolute Gasteiger partial charge is 0.326 e. The molecule has 3 aliphatic rings. The Balaban J connectivity index is 1.62. The van der Waals surface area contributed by atoms with Crippen LogP contribution in [0.15, 0.2) is 0 Å². The Morgan fingerprint density at radius 3 is 2.71 bits per heavy atom. The summed E-state index contributed by atoms with van der Waals surface area (Å²) in [5, 5.41) is 12.5. The summed E-state index contributed by atoms with van der Waals surface area (Å²) in [5.41, 5.74) is 0. The van der Waals surface area contributed by atoms with Crippen molar-refractivity contribution in [2.24, 2.45) is 5.92 Å². The average molecular weight is 295 g/mol. The number of piperidine rings is 1. The molecule has 0 spiro atoms. The lowest BCUT2D eigenvalue weighted by molar-refractivity contribution is -0.143. The number of hydrogen-bond acceptors (Lipinski definition) is 3. The van der Waals surface area contributed by atoms with E-state index in [4.69, 9.17) is 0 Å². The second-order valence-corrected chi connectivity index (χ2v) is 6.77. The zero-order valence-electron chi connectivity index (χ0n) is 12.6. The number of amides is 2. The number of likely N-dealkylation sites (tertiary alicyclic amines) is 1. The van der Waals surface area contributed by atoms with Gasteiger partial charge in [0.2, 0.25) is 0 Å². The largest absolute Gasteiger partial charge is 0.480 e. The van der Waals surface area contributed by atoms with Crippen LogP contribution >= 0.6 is 0 Å². The SMILES string of the molecule is CC1CCN(C(=O)NC2CCN3CCCC23)C(C(=O)O)C1. The summed E-state index contributed by atoms with van der Waals surface area (Å²) in [6, 6.07) is -0.211. The Hall–Kier alpha value is -1.30. The van der Waals surface area contributed by atoms with Crippen LogP contribution < -0.4 is 5.32 Å². The van der Waals surface area contributed by atoms with Crippen molar-refractivity contribution in [2.75, 3.05) is 19.6 Å². The van der Waals surface area contributed by atoms with Crippen LogP contribution in [0.4, 0.5) is 4.79 Å². The van der Waals surface area contributed by atoms with Gasteiger partial charge in [-0.15, -0.1) is 0 Å². The van der Waals surface area contributed by atoms with Gasteiger partial charge in [0.1, 0.15) is 6.04 Å². The number of hydrogen-bond donors (Lipinski definition) is 2. The third-order valence-corrected chi connectivity index (χ3v) is 5.33. The number of carboxylic acid groups (broad SMARTS) is 1. The predicted octanol–water partition coefficient (Wildman–Crippen LogP) is 1.12. The molecule has 0 aromatic carbocycles. The molecule has 118 valence electrons. The number of fused-ring (bicyclic) bond motifs is 1. The molecule has 4 unspecified atom stereocenters. The summed E-state index contributed by atoms with van der Waals surface area (Å²) in [6.07, 6.45) is 4.78. The molecule has 3 fully saturated rings. The molecule has 4 atom stereocenters. The molecule has 0 aromatic heterocycles. The van der Waals surface area contributed by atoms with Crippen LogP contribution in [-0.2, 0) is 4.79 Å². The molecule has 2 N–H and O–H groups in total. The summed E-state index contributed by atoms with van der Waals surface area (Å²) >= 11 is 0. The van der Waals surface area contributed by atoms with Crippen molar-refractivity contribution in [1.29, 1.82) is 0 Å². The highest BCUT2D eigenvalue weighted by atomic mass is 16.4. The Bertz CT molecular complexity index is 428. The first-order valence-electron chi connectivity index (χ1n) is 8.10. The number of carboxylic acids is 1. The van der Waals surface area contributed by atoms with Gasteiger partial charge >= 0.3 is 12.0 Å². The van der Waals surface area contributed by atoms with Crippen LogP contribution in [0.5, 0.6) is 0 Å². The van der Waals surface area contributed by atoms with E-state index in [1.54, 1.807) is 0 Å². The van der Waals surface area contributed by atoms with Crippen molar-refractivity contribution in [3.63, 3.8) is 0 Å². The first-order chi connectivity index (χ1) is 10.1. The fourth-order valence-corrected chi connectivity index (χ4v) is 4.11. The van der Waals surface area contributed by atoms with Gasteiger partial charge in [-0.3, -0.25) is 4.90 Å². The van der Waals surface area contributed by atoms with Gasteiger partial charge < -0.3 is 15.3 Å². The van der Waals surface area contributed by atoms with Crippen molar-refractivity contribution in [3.8, 4) is 0 Å². The van der Waals surface area contributed by atoms with E-state index in [0.29, 0.717) is 24.9 Å². The van der Waals surface area contributed by atoms with E-state index in [1.807, 2.05) is 0 Å². The highest BCUT2D eigenvalue weighted by Crippen LogP contribution is 2.29. The van der Waals surface area contributed by atoms with Gasteiger partial charge in [-0.2, -0.15) is 0 Å². The fraction of sp³-hybridized carbons (Fsp3) is 0.867. The maximum absolute atomic E-state index is 12.5. The fourth-order valence-electron chi connectivity index (χ4n) is 4.11. The molecular weight excluding hydrogens is 270 g/mol. The van der Waals surface area contributed by atoms with E-state index in [-0.39, 0.29) is 12.1 Å². The zero-order chi connectivity index (χ0) is 15.0. The molecule has 0 bridgehead atoms.